The molecule has 0 heterocycles. The van der Waals surface area contributed by atoms with Crippen LogP contribution in [0, 0.1) is 6.92 Å². The number of aryl methyl sites for hydroxylation is 1. The lowest BCUT2D eigenvalue weighted by molar-refractivity contribution is -0.117. The summed E-state index contributed by atoms with van der Waals surface area (Å²) in [6.45, 7) is 1.95. The third kappa shape index (κ3) is 3.47. The number of rotatable bonds is 4. The Hall–Kier alpha value is -1.55. The Kier molecular flexibility index (Phi) is 4.10. The highest BCUT2D eigenvalue weighted by Gasteiger charge is 2.31. The molecule has 1 aromatic rings. The Morgan fingerprint density at radius 3 is 2.68 bits per heavy atom. The van der Waals surface area contributed by atoms with Crippen molar-refractivity contribution in [3.63, 3.8) is 0 Å². The van der Waals surface area contributed by atoms with E-state index in [2.05, 4.69) is 5.32 Å². The normalized spacial score (nSPS) is 17.2. The van der Waals surface area contributed by atoms with Gasteiger partial charge in [0.2, 0.25) is 5.91 Å². The van der Waals surface area contributed by atoms with E-state index in [1.165, 1.54) is 0 Å². The molecule has 0 atom stereocenters. The zero-order chi connectivity index (χ0) is 13.9. The highest BCUT2D eigenvalue weighted by atomic mass is 16.5. The molecule has 1 aromatic carbocycles. The summed E-state index contributed by atoms with van der Waals surface area (Å²) >= 11 is 0. The van der Waals surface area contributed by atoms with Gasteiger partial charge >= 0.3 is 0 Å². The predicted molar refractivity (Wildman–Crippen MR) is 76.4 cm³/mol. The first kappa shape index (κ1) is 13.9. The van der Waals surface area contributed by atoms with Crippen LogP contribution in [0.2, 0.25) is 0 Å². The molecule has 1 aliphatic rings. The molecule has 104 valence electrons. The van der Waals surface area contributed by atoms with Gasteiger partial charge in [-0.3, -0.25) is 4.79 Å². The fraction of sp³-hybridized carbons (Fsp3) is 0.533. The average molecular weight is 262 g/mol. The summed E-state index contributed by atoms with van der Waals surface area (Å²) in [6, 6.07) is 5.62. The summed E-state index contributed by atoms with van der Waals surface area (Å²) in [5.74, 6) is 0.818. The van der Waals surface area contributed by atoms with Crippen molar-refractivity contribution in [2.24, 2.45) is 5.73 Å². The van der Waals surface area contributed by atoms with Gasteiger partial charge in [-0.2, -0.15) is 0 Å². The monoisotopic (exact) mass is 262 g/mol. The van der Waals surface area contributed by atoms with Gasteiger partial charge in [0.1, 0.15) is 5.75 Å². The van der Waals surface area contributed by atoms with Crippen LogP contribution in [0.5, 0.6) is 5.75 Å². The van der Waals surface area contributed by atoms with Crippen molar-refractivity contribution in [2.75, 3.05) is 12.4 Å². The Bertz CT molecular complexity index is 465. The van der Waals surface area contributed by atoms with E-state index in [4.69, 9.17) is 10.5 Å². The molecule has 4 heteroatoms. The highest BCUT2D eigenvalue weighted by Crippen LogP contribution is 2.30. The maximum absolute atomic E-state index is 12.0. The maximum atomic E-state index is 12.0. The molecule has 19 heavy (non-hydrogen) atoms. The van der Waals surface area contributed by atoms with Crippen LogP contribution in [0.1, 0.15) is 37.7 Å². The largest absolute Gasteiger partial charge is 0.496 e. The van der Waals surface area contributed by atoms with Gasteiger partial charge in [-0.15, -0.1) is 0 Å². The number of benzene rings is 1. The quantitative estimate of drug-likeness (QED) is 0.876. The number of methoxy groups -OCH3 is 1. The third-order valence-electron chi connectivity index (χ3n) is 3.79. The van der Waals surface area contributed by atoms with E-state index in [1.807, 2.05) is 25.1 Å². The van der Waals surface area contributed by atoms with E-state index in [1.54, 1.807) is 7.11 Å². The van der Waals surface area contributed by atoms with Gasteiger partial charge < -0.3 is 15.8 Å². The van der Waals surface area contributed by atoms with E-state index >= 15 is 0 Å². The zero-order valence-corrected chi connectivity index (χ0v) is 11.7. The SMILES string of the molecule is COc1ccc(NC(=O)CC2(N)CCCC2)cc1C. The standard InChI is InChI=1S/C15H22N2O2/c1-11-9-12(5-6-13(11)19-2)17-14(18)10-15(16)7-3-4-8-15/h5-6,9H,3-4,7-8,10,16H2,1-2H3,(H,17,18). The van der Waals surface area contributed by atoms with Crippen LogP contribution in [0.4, 0.5) is 5.69 Å². The van der Waals surface area contributed by atoms with E-state index in [-0.39, 0.29) is 11.4 Å². The number of ether oxygens (including phenoxy) is 1. The molecule has 1 aliphatic carbocycles. The molecular weight excluding hydrogens is 240 g/mol. The number of anilines is 1. The van der Waals surface area contributed by atoms with Crippen molar-refractivity contribution in [3.05, 3.63) is 23.8 Å². The second-order valence-corrected chi connectivity index (χ2v) is 5.48. The Labute approximate surface area is 114 Å². The Balaban J connectivity index is 1.97. The predicted octanol–water partition coefficient (Wildman–Crippen LogP) is 2.60. The van der Waals surface area contributed by atoms with Crippen LogP contribution in [-0.2, 0) is 4.79 Å². The van der Waals surface area contributed by atoms with Gasteiger partial charge in [-0.05, 0) is 43.5 Å². The molecule has 1 fully saturated rings. The maximum Gasteiger partial charge on any atom is 0.226 e. The Morgan fingerprint density at radius 1 is 1.42 bits per heavy atom. The van der Waals surface area contributed by atoms with E-state index in [0.717, 1.165) is 42.7 Å². The molecule has 0 saturated heterocycles. The molecule has 0 radical (unpaired) electrons. The molecule has 2 rings (SSSR count). The van der Waals surface area contributed by atoms with Crippen LogP contribution in [0.3, 0.4) is 0 Å². The van der Waals surface area contributed by atoms with Crippen molar-refractivity contribution < 1.29 is 9.53 Å². The van der Waals surface area contributed by atoms with E-state index < -0.39 is 0 Å². The first-order valence-electron chi connectivity index (χ1n) is 6.76. The van der Waals surface area contributed by atoms with Gasteiger partial charge in [0.15, 0.2) is 0 Å². The fourth-order valence-corrected chi connectivity index (χ4v) is 2.74. The number of hydrogen-bond donors (Lipinski definition) is 2. The summed E-state index contributed by atoms with van der Waals surface area (Å²) in [5, 5.41) is 2.91. The molecule has 0 aromatic heterocycles. The van der Waals surface area contributed by atoms with Gasteiger partial charge in [0.25, 0.3) is 0 Å². The number of nitrogens with one attached hydrogen (secondary N) is 1. The van der Waals surface area contributed by atoms with E-state index in [9.17, 15) is 4.79 Å². The van der Waals surface area contributed by atoms with E-state index in [0.29, 0.717) is 6.42 Å². The minimum absolute atomic E-state index is 0.00559. The van der Waals surface area contributed by atoms with Gasteiger partial charge in [-0.1, -0.05) is 12.8 Å². The highest BCUT2D eigenvalue weighted by molar-refractivity contribution is 5.91. The summed E-state index contributed by atoms with van der Waals surface area (Å²) in [5.41, 5.74) is 7.71. The van der Waals surface area contributed by atoms with Crippen LogP contribution in [-0.4, -0.2) is 18.6 Å². The number of hydrogen-bond acceptors (Lipinski definition) is 3. The second kappa shape index (κ2) is 5.61. The first-order chi connectivity index (χ1) is 9.02. The molecule has 0 bridgehead atoms. The van der Waals surface area contributed by atoms with Crippen molar-refractivity contribution in [1.29, 1.82) is 0 Å². The number of carbonyl (C=O) groups is 1. The molecular formula is C15H22N2O2. The minimum atomic E-state index is -0.300. The van der Waals surface area contributed by atoms with Crippen molar-refractivity contribution in [1.82, 2.24) is 0 Å². The summed E-state index contributed by atoms with van der Waals surface area (Å²) in [6.07, 6.45) is 4.55. The molecule has 1 amide bonds. The van der Waals surface area contributed by atoms with Crippen LogP contribution in [0.15, 0.2) is 18.2 Å². The fourth-order valence-electron chi connectivity index (χ4n) is 2.74. The molecule has 0 aliphatic heterocycles. The summed E-state index contributed by atoms with van der Waals surface area (Å²) < 4.78 is 5.20. The molecule has 4 nitrogen and oxygen atoms in total. The lowest BCUT2D eigenvalue weighted by atomic mass is 9.94. The first-order valence-corrected chi connectivity index (χ1v) is 6.76. The number of carbonyl (C=O) groups excluding carboxylic acids is 1. The van der Waals surface area contributed by atoms with Gasteiger partial charge in [0.05, 0.1) is 7.11 Å². The minimum Gasteiger partial charge on any atom is -0.496 e. The molecule has 1 saturated carbocycles. The summed E-state index contributed by atoms with van der Waals surface area (Å²) in [7, 11) is 1.64. The third-order valence-corrected chi connectivity index (χ3v) is 3.79. The topological polar surface area (TPSA) is 64.3 Å². The lowest BCUT2D eigenvalue weighted by Gasteiger charge is -2.22. The summed E-state index contributed by atoms with van der Waals surface area (Å²) in [4.78, 5) is 12.0. The number of amides is 1. The van der Waals surface area contributed by atoms with Crippen LogP contribution >= 0.6 is 0 Å². The van der Waals surface area contributed by atoms with Crippen molar-refractivity contribution in [2.45, 2.75) is 44.6 Å². The number of nitrogens with two attached hydrogens (primary N) is 1. The smallest absolute Gasteiger partial charge is 0.226 e. The van der Waals surface area contributed by atoms with Crippen LogP contribution in [0.25, 0.3) is 0 Å². The van der Waals surface area contributed by atoms with Crippen LogP contribution < -0.4 is 15.8 Å². The van der Waals surface area contributed by atoms with Gasteiger partial charge in [-0.25, -0.2) is 0 Å². The Morgan fingerprint density at radius 2 is 2.11 bits per heavy atom. The average Bonchev–Trinajstić information content (AvgIpc) is 2.75. The molecule has 0 spiro atoms. The second-order valence-electron chi connectivity index (χ2n) is 5.48. The van der Waals surface area contributed by atoms with Crippen molar-refractivity contribution >= 4 is 11.6 Å². The van der Waals surface area contributed by atoms with Gasteiger partial charge in [0, 0.05) is 17.6 Å². The molecule has 3 N–H and O–H groups in total. The lowest BCUT2D eigenvalue weighted by Crippen LogP contribution is -2.40. The zero-order valence-electron chi connectivity index (χ0n) is 11.7. The molecule has 0 unspecified atom stereocenters. The van der Waals surface area contributed by atoms with Crippen molar-refractivity contribution in [3.8, 4) is 5.75 Å².